The van der Waals surface area contributed by atoms with Crippen LogP contribution in [-0.2, 0) is 0 Å². The maximum Gasteiger partial charge on any atom is 0.121 e. The van der Waals surface area contributed by atoms with Gasteiger partial charge in [-0.2, -0.15) is 0 Å². The van der Waals surface area contributed by atoms with Crippen molar-refractivity contribution in [2.24, 2.45) is 0 Å². The molecule has 0 unspecified atom stereocenters. The lowest BCUT2D eigenvalue weighted by molar-refractivity contribution is 0.345. The van der Waals surface area contributed by atoms with Gasteiger partial charge in [-0.15, -0.1) is 24.8 Å². The van der Waals surface area contributed by atoms with Crippen LogP contribution in [0.15, 0.2) is 0 Å². The predicted molar refractivity (Wildman–Crippen MR) is 64.6 cm³/mol. The Kier molecular flexibility index (Phi) is 9.39. The van der Waals surface area contributed by atoms with Crippen molar-refractivity contribution in [3.05, 3.63) is 0 Å². The Bertz CT molecular complexity index is 134. The molecule has 1 aliphatic rings. The van der Waals surface area contributed by atoms with E-state index in [4.69, 9.17) is 5.41 Å². The van der Waals surface area contributed by atoms with Gasteiger partial charge in [-0.25, -0.2) is 0 Å². The molecule has 1 rings (SSSR count). The summed E-state index contributed by atoms with van der Waals surface area (Å²) < 4.78 is 0.776. The number of thioether (sulfide) groups is 2. The van der Waals surface area contributed by atoms with Gasteiger partial charge in [-0.05, 0) is 14.1 Å². The fourth-order valence-corrected chi connectivity index (χ4v) is 3.14. The van der Waals surface area contributed by atoms with E-state index < -0.39 is 0 Å². The molecule has 1 N–H and O–H groups in total. The first kappa shape index (κ1) is 15.4. The van der Waals surface area contributed by atoms with Crippen molar-refractivity contribution in [3.63, 3.8) is 0 Å². The third-order valence-corrected chi connectivity index (χ3v) is 3.88. The van der Waals surface area contributed by atoms with Crippen molar-refractivity contribution in [2.75, 3.05) is 25.6 Å². The van der Waals surface area contributed by atoms with Crippen LogP contribution in [0.4, 0.5) is 0 Å². The molecule has 0 aromatic rings. The molecule has 1 heterocycles. The van der Waals surface area contributed by atoms with Gasteiger partial charge in [0, 0.05) is 17.5 Å². The fraction of sp³-hybridized carbons (Fsp3) is 0.833. The van der Waals surface area contributed by atoms with E-state index in [0.717, 1.165) is 15.9 Å². The van der Waals surface area contributed by atoms with E-state index in [9.17, 15) is 0 Å². The van der Waals surface area contributed by atoms with Gasteiger partial charge in [0.25, 0.3) is 0 Å². The lowest BCUT2D eigenvalue weighted by atomic mass is 10.4. The molecule has 1 aliphatic heterocycles. The Morgan fingerprint density at radius 2 is 1.67 bits per heavy atom. The molecule has 74 valence electrons. The zero-order chi connectivity index (χ0) is 7.56. The van der Waals surface area contributed by atoms with Crippen molar-refractivity contribution in [3.8, 4) is 0 Å². The molecule has 0 amide bonds. The Labute approximate surface area is 94.6 Å². The number of nitrogens with zero attached hydrogens (tertiary/aromatic N) is 1. The molecular weight excluding hydrogens is 235 g/mol. The van der Waals surface area contributed by atoms with Crippen molar-refractivity contribution in [1.82, 2.24) is 4.90 Å². The smallest absolute Gasteiger partial charge is 0.121 e. The van der Waals surface area contributed by atoms with Crippen molar-refractivity contribution >= 4 is 52.7 Å². The highest BCUT2D eigenvalue weighted by atomic mass is 35.5. The zero-order valence-corrected chi connectivity index (χ0v) is 10.3. The number of halogens is 2. The third-order valence-electron chi connectivity index (χ3n) is 1.54. The van der Waals surface area contributed by atoms with Gasteiger partial charge >= 0.3 is 0 Å². The van der Waals surface area contributed by atoms with E-state index in [1.165, 1.54) is 0 Å². The van der Waals surface area contributed by atoms with Crippen LogP contribution in [0.5, 0.6) is 0 Å². The van der Waals surface area contributed by atoms with Gasteiger partial charge in [0.2, 0.25) is 0 Å². The van der Waals surface area contributed by atoms with Crippen LogP contribution in [0.1, 0.15) is 0 Å². The van der Waals surface area contributed by atoms with Crippen LogP contribution in [0.25, 0.3) is 0 Å². The molecule has 0 aromatic carbocycles. The number of hydrogen-bond acceptors (Lipinski definition) is 4. The molecule has 1 fully saturated rings. The van der Waals surface area contributed by atoms with Crippen molar-refractivity contribution in [1.29, 1.82) is 5.41 Å². The number of nitrogens with one attached hydrogen (secondary N) is 1. The molecule has 0 atom stereocenters. The summed E-state index contributed by atoms with van der Waals surface area (Å²) in [6.45, 7) is 0. The van der Waals surface area contributed by atoms with Gasteiger partial charge in [0.15, 0.2) is 0 Å². The minimum absolute atomic E-state index is 0. The highest BCUT2D eigenvalue weighted by Crippen LogP contribution is 2.25. The molecule has 0 aromatic heterocycles. The lowest BCUT2D eigenvalue weighted by Crippen LogP contribution is -2.35. The highest BCUT2D eigenvalue weighted by Gasteiger charge is 2.18. The quantitative estimate of drug-likeness (QED) is 0.771. The molecule has 12 heavy (non-hydrogen) atoms. The maximum absolute atomic E-state index is 7.33. The maximum atomic E-state index is 7.33. The largest absolute Gasteiger partial charge is 0.305 e. The van der Waals surface area contributed by atoms with E-state index in [1.807, 2.05) is 0 Å². The molecule has 0 bridgehead atoms. The first-order valence-electron chi connectivity index (χ1n) is 3.20. The Hall–Kier alpha value is 0.910. The standard InChI is InChI=1S/C6H12N2S2.2ClH/c1-8(2)5-3-9-6(7)10-4-5;;/h5,7H,3-4H2,1-2H3;2*1H. The van der Waals surface area contributed by atoms with Gasteiger partial charge in [0.05, 0.1) is 0 Å². The first-order chi connectivity index (χ1) is 4.70. The summed E-state index contributed by atoms with van der Waals surface area (Å²) in [7, 11) is 4.20. The normalized spacial score (nSPS) is 22.9. The summed E-state index contributed by atoms with van der Waals surface area (Å²) in [5, 5.41) is 7.33. The summed E-state index contributed by atoms with van der Waals surface area (Å²) in [5.74, 6) is 2.16. The lowest BCUT2D eigenvalue weighted by Gasteiger charge is -2.26. The van der Waals surface area contributed by atoms with E-state index in [0.29, 0.717) is 6.04 Å². The summed E-state index contributed by atoms with van der Waals surface area (Å²) in [6.07, 6.45) is 0. The predicted octanol–water partition coefficient (Wildman–Crippen LogP) is 2.17. The van der Waals surface area contributed by atoms with Crippen LogP contribution in [0, 0.1) is 5.41 Å². The van der Waals surface area contributed by atoms with Crippen LogP contribution >= 0.6 is 48.3 Å². The molecule has 0 saturated carbocycles. The Balaban J connectivity index is 0. The van der Waals surface area contributed by atoms with Crippen LogP contribution in [0.3, 0.4) is 0 Å². The minimum atomic E-state index is 0. The van der Waals surface area contributed by atoms with Gasteiger partial charge in [0.1, 0.15) is 4.38 Å². The SMILES string of the molecule is CN(C)C1CSC(=N)SC1.Cl.Cl. The van der Waals surface area contributed by atoms with Gasteiger partial charge in [-0.1, -0.05) is 23.5 Å². The molecule has 1 saturated heterocycles. The average Bonchev–Trinajstić information content (AvgIpc) is 1.88. The molecule has 0 spiro atoms. The summed E-state index contributed by atoms with van der Waals surface area (Å²) >= 11 is 3.32. The third kappa shape index (κ3) is 4.82. The highest BCUT2D eigenvalue weighted by molar-refractivity contribution is 8.39. The average molecular weight is 249 g/mol. The molecule has 0 aliphatic carbocycles. The topological polar surface area (TPSA) is 27.1 Å². The zero-order valence-electron chi connectivity index (χ0n) is 7.07. The molecule has 2 nitrogen and oxygen atoms in total. The summed E-state index contributed by atoms with van der Waals surface area (Å²) in [6, 6.07) is 0.657. The number of rotatable bonds is 1. The summed E-state index contributed by atoms with van der Waals surface area (Å²) in [5.41, 5.74) is 0. The second-order valence-corrected chi connectivity index (χ2v) is 4.85. The second kappa shape index (κ2) is 7.33. The Morgan fingerprint density at radius 3 is 2.00 bits per heavy atom. The van der Waals surface area contributed by atoms with Crippen molar-refractivity contribution < 1.29 is 0 Å². The number of hydrogen-bond donors (Lipinski definition) is 1. The first-order valence-corrected chi connectivity index (χ1v) is 5.18. The Morgan fingerprint density at radius 1 is 1.25 bits per heavy atom. The van der Waals surface area contributed by atoms with Crippen LogP contribution in [-0.4, -0.2) is 40.9 Å². The van der Waals surface area contributed by atoms with E-state index in [2.05, 4.69) is 19.0 Å². The van der Waals surface area contributed by atoms with Gasteiger partial charge < -0.3 is 4.90 Å². The molecule has 0 radical (unpaired) electrons. The van der Waals surface area contributed by atoms with Crippen LogP contribution < -0.4 is 0 Å². The molecule has 6 heteroatoms. The van der Waals surface area contributed by atoms with E-state index in [-0.39, 0.29) is 24.8 Å². The second-order valence-electron chi connectivity index (χ2n) is 2.53. The van der Waals surface area contributed by atoms with Crippen LogP contribution in [0.2, 0.25) is 0 Å². The monoisotopic (exact) mass is 248 g/mol. The summed E-state index contributed by atoms with van der Waals surface area (Å²) in [4.78, 5) is 2.23. The van der Waals surface area contributed by atoms with E-state index in [1.54, 1.807) is 23.5 Å². The fourth-order valence-electron chi connectivity index (χ4n) is 0.732. The molecular formula is C6H14Cl2N2S2. The van der Waals surface area contributed by atoms with E-state index >= 15 is 0 Å². The van der Waals surface area contributed by atoms with Gasteiger partial charge in [-0.3, -0.25) is 5.41 Å². The minimum Gasteiger partial charge on any atom is -0.305 e. The van der Waals surface area contributed by atoms with Crippen molar-refractivity contribution in [2.45, 2.75) is 6.04 Å².